The molecule has 1 rings (SSSR count). The molecule has 0 aromatic heterocycles. The van der Waals surface area contributed by atoms with Crippen molar-refractivity contribution in [2.75, 3.05) is 6.61 Å². The highest BCUT2D eigenvalue weighted by atomic mass is 19.2. The van der Waals surface area contributed by atoms with Gasteiger partial charge in [-0.1, -0.05) is 33.6 Å². The molecule has 1 amide bonds. The summed E-state index contributed by atoms with van der Waals surface area (Å²) in [5.74, 6) is -14.4. The number of rotatable bonds is 8. The fourth-order valence-corrected chi connectivity index (χ4v) is 2.13. The molecule has 0 aliphatic heterocycles. The topological polar surface area (TPSA) is 55.4 Å². The molecule has 0 saturated carbocycles. The van der Waals surface area contributed by atoms with Crippen LogP contribution >= 0.6 is 0 Å². The van der Waals surface area contributed by atoms with Crippen LogP contribution < -0.4 is 5.32 Å². The van der Waals surface area contributed by atoms with Crippen LogP contribution in [0.2, 0.25) is 0 Å². The Morgan fingerprint density at radius 2 is 1.42 bits per heavy atom. The Morgan fingerprint density at radius 3 is 1.88 bits per heavy atom. The number of nitrogens with one attached hydrogen (secondary N) is 1. The zero-order chi connectivity index (χ0) is 20.0. The lowest BCUT2D eigenvalue weighted by atomic mass is 10.0. The third kappa shape index (κ3) is 4.92. The van der Waals surface area contributed by atoms with Gasteiger partial charge >= 0.3 is 5.97 Å². The van der Waals surface area contributed by atoms with Crippen LogP contribution in [0.1, 0.15) is 50.4 Å². The number of carbonyl (C=O) groups is 2. The second-order valence-electron chi connectivity index (χ2n) is 6.01. The largest absolute Gasteiger partial charge is 0.464 e. The molecule has 0 aliphatic rings. The molecule has 26 heavy (non-hydrogen) atoms. The highest BCUT2D eigenvalue weighted by Gasteiger charge is 2.33. The number of halogens is 5. The molecule has 1 aromatic rings. The minimum atomic E-state index is -2.37. The maximum atomic E-state index is 13.7. The van der Waals surface area contributed by atoms with Gasteiger partial charge in [-0.3, -0.25) is 4.79 Å². The van der Waals surface area contributed by atoms with E-state index in [1.54, 1.807) is 0 Å². The van der Waals surface area contributed by atoms with Crippen molar-refractivity contribution >= 4 is 11.9 Å². The van der Waals surface area contributed by atoms with Crippen LogP contribution in [0, 0.1) is 35.0 Å². The molecule has 9 heteroatoms. The molecule has 0 aliphatic carbocycles. The van der Waals surface area contributed by atoms with Gasteiger partial charge in [0.25, 0.3) is 5.91 Å². The van der Waals surface area contributed by atoms with Crippen LogP contribution in [0.4, 0.5) is 22.0 Å². The monoisotopic (exact) mass is 381 g/mol. The third-order valence-corrected chi connectivity index (χ3v) is 3.64. The summed E-state index contributed by atoms with van der Waals surface area (Å²) in [4.78, 5) is 24.1. The molecule has 0 heterocycles. The van der Waals surface area contributed by atoms with E-state index in [2.05, 4.69) is 0 Å². The first kappa shape index (κ1) is 21.9. The Hall–Kier alpha value is -2.19. The summed E-state index contributed by atoms with van der Waals surface area (Å²) >= 11 is 0. The van der Waals surface area contributed by atoms with Gasteiger partial charge in [-0.2, -0.15) is 0 Å². The molecule has 0 saturated heterocycles. The van der Waals surface area contributed by atoms with E-state index in [4.69, 9.17) is 4.74 Å². The fraction of sp³-hybridized carbons (Fsp3) is 0.529. The SMILES string of the molecule is CCCCCOC(=O)C(NC(=O)c1c(F)c(F)c(F)c(F)c1F)C(C)C. The van der Waals surface area contributed by atoms with E-state index in [0.717, 1.165) is 12.8 Å². The molecular weight excluding hydrogens is 361 g/mol. The van der Waals surface area contributed by atoms with Crippen LogP contribution in [-0.2, 0) is 9.53 Å². The third-order valence-electron chi connectivity index (χ3n) is 3.64. The summed E-state index contributed by atoms with van der Waals surface area (Å²) in [7, 11) is 0. The second-order valence-corrected chi connectivity index (χ2v) is 6.01. The first-order chi connectivity index (χ1) is 12.1. The molecule has 1 unspecified atom stereocenters. The van der Waals surface area contributed by atoms with Crippen molar-refractivity contribution < 1.29 is 36.3 Å². The highest BCUT2D eigenvalue weighted by Crippen LogP contribution is 2.23. The lowest BCUT2D eigenvalue weighted by Crippen LogP contribution is -2.46. The van der Waals surface area contributed by atoms with Gasteiger partial charge in [0, 0.05) is 0 Å². The van der Waals surface area contributed by atoms with Crippen molar-refractivity contribution in [3.63, 3.8) is 0 Å². The predicted molar refractivity (Wildman–Crippen MR) is 82.8 cm³/mol. The Bertz CT molecular complexity index is 650. The van der Waals surface area contributed by atoms with Gasteiger partial charge in [0.1, 0.15) is 11.6 Å². The number of hydrogen-bond acceptors (Lipinski definition) is 3. The maximum absolute atomic E-state index is 13.7. The average Bonchev–Trinajstić information content (AvgIpc) is 2.59. The first-order valence-electron chi connectivity index (χ1n) is 8.12. The molecule has 4 nitrogen and oxygen atoms in total. The van der Waals surface area contributed by atoms with Crippen molar-refractivity contribution in [1.82, 2.24) is 5.32 Å². The summed E-state index contributed by atoms with van der Waals surface area (Å²) in [6.07, 6.45) is 2.30. The smallest absolute Gasteiger partial charge is 0.328 e. The Balaban J connectivity index is 3.01. The van der Waals surface area contributed by atoms with Crippen LogP contribution in [0.15, 0.2) is 0 Å². The second kappa shape index (κ2) is 9.49. The standard InChI is InChI=1S/C17H20F5NO3/c1-4-5-6-7-26-17(25)15(8(2)3)23-16(24)9-10(18)12(20)14(22)13(21)11(9)19/h8,15H,4-7H2,1-3H3,(H,23,24). The summed E-state index contributed by atoms with van der Waals surface area (Å²) in [6.45, 7) is 5.09. The number of hydrogen-bond donors (Lipinski definition) is 1. The zero-order valence-electron chi connectivity index (χ0n) is 14.6. The Kier molecular flexibility index (Phi) is 7.98. The van der Waals surface area contributed by atoms with E-state index >= 15 is 0 Å². The quantitative estimate of drug-likeness (QED) is 0.245. The molecule has 0 bridgehead atoms. The zero-order valence-corrected chi connectivity index (χ0v) is 14.6. The average molecular weight is 381 g/mol. The number of benzene rings is 1. The van der Waals surface area contributed by atoms with Crippen LogP contribution in [0.25, 0.3) is 0 Å². The van der Waals surface area contributed by atoms with Crippen molar-refractivity contribution in [3.05, 3.63) is 34.6 Å². The molecular formula is C17H20F5NO3. The Morgan fingerprint density at radius 1 is 0.923 bits per heavy atom. The van der Waals surface area contributed by atoms with Gasteiger partial charge in [0.15, 0.2) is 23.3 Å². The van der Waals surface area contributed by atoms with E-state index in [0.29, 0.717) is 6.42 Å². The molecule has 146 valence electrons. The highest BCUT2D eigenvalue weighted by molar-refractivity contribution is 5.97. The number of ether oxygens (including phenoxy) is 1. The lowest BCUT2D eigenvalue weighted by Gasteiger charge is -2.21. The molecule has 1 atom stereocenters. The molecule has 0 radical (unpaired) electrons. The van der Waals surface area contributed by atoms with E-state index in [-0.39, 0.29) is 6.61 Å². The summed E-state index contributed by atoms with van der Waals surface area (Å²) in [5, 5.41) is 1.98. The van der Waals surface area contributed by atoms with Gasteiger partial charge in [-0.05, 0) is 12.3 Å². The van der Waals surface area contributed by atoms with Gasteiger partial charge in [0.05, 0.1) is 6.61 Å². The van der Waals surface area contributed by atoms with Crippen LogP contribution in [0.5, 0.6) is 0 Å². The fourth-order valence-electron chi connectivity index (χ4n) is 2.13. The number of esters is 1. The molecule has 1 aromatic carbocycles. The first-order valence-corrected chi connectivity index (χ1v) is 8.12. The minimum absolute atomic E-state index is 0.0916. The Labute approximate surface area is 147 Å². The number of carbonyl (C=O) groups excluding carboxylic acids is 2. The van der Waals surface area contributed by atoms with E-state index in [9.17, 15) is 31.5 Å². The van der Waals surface area contributed by atoms with Crippen molar-refractivity contribution in [3.8, 4) is 0 Å². The van der Waals surface area contributed by atoms with Crippen LogP contribution in [-0.4, -0.2) is 24.5 Å². The maximum Gasteiger partial charge on any atom is 0.328 e. The minimum Gasteiger partial charge on any atom is -0.464 e. The number of amides is 1. The number of unbranched alkanes of at least 4 members (excludes halogenated alkanes) is 2. The van der Waals surface area contributed by atoms with Crippen molar-refractivity contribution in [2.45, 2.75) is 46.1 Å². The summed E-state index contributed by atoms with van der Waals surface area (Å²) < 4.78 is 71.9. The van der Waals surface area contributed by atoms with Gasteiger partial charge in [0.2, 0.25) is 5.82 Å². The van der Waals surface area contributed by atoms with Crippen molar-refractivity contribution in [1.29, 1.82) is 0 Å². The molecule has 0 fully saturated rings. The van der Waals surface area contributed by atoms with E-state index < -0.39 is 58.5 Å². The van der Waals surface area contributed by atoms with Crippen molar-refractivity contribution in [2.24, 2.45) is 5.92 Å². The molecule has 0 spiro atoms. The summed E-state index contributed by atoms with van der Waals surface area (Å²) in [6, 6.07) is -1.31. The van der Waals surface area contributed by atoms with Crippen LogP contribution in [0.3, 0.4) is 0 Å². The normalized spacial score (nSPS) is 12.2. The summed E-state index contributed by atoms with van der Waals surface area (Å²) in [5.41, 5.74) is -1.65. The van der Waals surface area contributed by atoms with Gasteiger partial charge in [-0.25, -0.2) is 26.7 Å². The van der Waals surface area contributed by atoms with E-state index in [1.807, 2.05) is 12.2 Å². The lowest BCUT2D eigenvalue weighted by molar-refractivity contribution is -0.147. The molecule has 1 N–H and O–H groups in total. The predicted octanol–water partition coefficient (Wildman–Crippen LogP) is 3.87. The van der Waals surface area contributed by atoms with Gasteiger partial charge < -0.3 is 10.1 Å². The van der Waals surface area contributed by atoms with Gasteiger partial charge in [-0.15, -0.1) is 0 Å². The van der Waals surface area contributed by atoms with E-state index in [1.165, 1.54) is 13.8 Å².